The van der Waals surface area contributed by atoms with Crippen molar-refractivity contribution in [1.82, 2.24) is 10.2 Å². The third-order valence-corrected chi connectivity index (χ3v) is 8.39. The first-order valence-corrected chi connectivity index (χ1v) is 13.8. The van der Waals surface area contributed by atoms with E-state index in [4.69, 9.17) is 10.6 Å². The van der Waals surface area contributed by atoms with E-state index in [-0.39, 0.29) is 41.7 Å². The summed E-state index contributed by atoms with van der Waals surface area (Å²) in [4.78, 5) is 46.0. The maximum Gasteiger partial charge on any atom is 0.255 e. The second-order valence-corrected chi connectivity index (χ2v) is 12.8. The van der Waals surface area contributed by atoms with Crippen LogP contribution in [0.1, 0.15) is 56.4 Å². The number of benzene rings is 1. The summed E-state index contributed by atoms with van der Waals surface area (Å²) in [5.74, 6) is -6.88. The molecule has 12 nitrogen and oxygen atoms in total. The lowest BCUT2D eigenvalue weighted by molar-refractivity contribution is -0.153. The minimum absolute atomic E-state index is 0.00131. The molecular formula is C30H40N4O8. The van der Waals surface area contributed by atoms with Crippen molar-refractivity contribution in [2.45, 2.75) is 58.7 Å². The number of primary amides is 1. The van der Waals surface area contributed by atoms with Gasteiger partial charge in [-0.1, -0.05) is 25.9 Å². The number of nitrogens with one attached hydrogen (secondary N) is 1. The molecule has 3 aliphatic carbocycles. The molecule has 228 valence electrons. The van der Waals surface area contributed by atoms with Gasteiger partial charge in [-0.3, -0.25) is 19.3 Å². The predicted octanol–water partition coefficient (Wildman–Crippen LogP) is 1.47. The lowest BCUT2D eigenvalue weighted by atomic mass is 9.57. The highest BCUT2D eigenvalue weighted by Gasteiger charge is 2.64. The second-order valence-electron chi connectivity index (χ2n) is 12.8. The van der Waals surface area contributed by atoms with Crippen LogP contribution >= 0.6 is 0 Å². The molecule has 3 aliphatic rings. The summed E-state index contributed by atoms with van der Waals surface area (Å²) in [5, 5.41) is 53.3. The lowest BCUT2D eigenvalue weighted by Gasteiger charge is -2.50. The van der Waals surface area contributed by atoms with Gasteiger partial charge in [-0.15, -0.1) is 0 Å². The summed E-state index contributed by atoms with van der Waals surface area (Å²) in [6.45, 7) is 8.77. The topological polar surface area (TPSA) is 195 Å². The van der Waals surface area contributed by atoms with Crippen molar-refractivity contribution in [3.05, 3.63) is 45.2 Å². The first-order chi connectivity index (χ1) is 19.5. The number of hydrogen-bond acceptors (Lipinski definition) is 11. The van der Waals surface area contributed by atoms with Gasteiger partial charge in [0.25, 0.3) is 5.91 Å². The predicted molar refractivity (Wildman–Crippen MR) is 155 cm³/mol. The Morgan fingerprint density at radius 3 is 2.43 bits per heavy atom. The van der Waals surface area contributed by atoms with E-state index in [9.17, 15) is 34.8 Å². The van der Waals surface area contributed by atoms with Crippen LogP contribution in [-0.2, 0) is 32.2 Å². The van der Waals surface area contributed by atoms with Crippen molar-refractivity contribution < 1.29 is 39.6 Å². The Labute approximate surface area is 244 Å². The zero-order valence-corrected chi connectivity index (χ0v) is 25.0. The molecule has 0 heterocycles. The van der Waals surface area contributed by atoms with E-state index in [1.165, 1.54) is 12.0 Å². The first kappa shape index (κ1) is 31.2. The minimum Gasteiger partial charge on any atom is -0.508 e. The van der Waals surface area contributed by atoms with Crippen LogP contribution < -0.4 is 11.1 Å². The molecule has 0 spiro atoms. The largest absolute Gasteiger partial charge is 0.508 e. The Bertz CT molecular complexity index is 1450. The molecule has 0 aliphatic heterocycles. The number of hydrogen-bond donors (Lipinski definition) is 6. The molecule has 1 fully saturated rings. The number of likely N-dealkylation sites (N-methyl/N-ethyl adjacent to an activating group) is 1. The standard InChI is InChI=1S/C30H40N4O8/c1-13(33-42-7)16-9-15(11-32-12-29(2,3)4)23(35)20-17(16)8-14-10-18-22(34(5)6)25(37)21(28(31)40)27(39)30(18,41)26(38)19(14)24(20)36/h9,14,18,22,32,35-36,39,41H,8,10-12H2,1-7H3,(H2,31,40)/b33-13+/t14-,18-,22-,30-/m1/s1. The Morgan fingerprint density at radius 2 is 1.88 bits per heavy atom. The number of carbonyl (C=O) groups is 3. The number of oxime groups is 1. The smallest absolute Gasteiger partial charge is 0.255 e. The average Bonchev–Trinajstić information content (AvgIpc) is 2.86. The lowest BCUT2D eigenvalue weighted by Crippen LogP contribution is -2.65. The second kappa shape index (κ2) is 10.8. The van der Waals surface area contributed by atoms with Crippen molar-refractivity contribution in [2.75, 3.05) is 27.7 Å². The van der Waals surface area contributed by atoms with Crippen LogP contribution in [0.2, 0.25) is 0 Å². The zero-order valence-electron chi connectivity index (χ0n) is 25.0. The van der Waals surface area contributed by atoms with Gasteiger partial charge in [-0.25, -0.2) is 0 Å². The molecule has 1 amide bonds. The molecule has 4 atom stereocenters. The number of nitrogens with two attached hydrogens (primary N) is 1. The van der Waals surface area contributed by atoms with Crippen LogP contribution in [0.25, 0.3) is 5.76 Å². The molecule has 0 aromatic heterocycles. The maximum absolute atomic E-state index is 14.1. The number of rotatable bonds is 7. The number of phenolic OH excluding ortho intramolecular Hbond substituents is 1. The fraction of sp³-hybridized carbons (Fsp3) is 0.533. The van der Waals surface area contributed by atoms with Crippen molar-refractivity contribution in [3.63, 3.8) is 0 Å². The number of nitrogens with zero attached hydrogens (tertiary/aromatic N) is 2. The number of aromatic hydroxyl groups is 1. The van der Waals surface area contributed by atoms with Gasteiger partial charge in [-0.05, 0) is 56.8 Å². The van der Waals surface area contributed by atoms with Crippen LogP contribution in [0.3, 0.4) is 0 Å². The molecule has 0 unspecified atom stereocenters. The summed E-state index contributed by atoms with van der Waals surface area (Å²) in [5.41, 5.74) is 3.67. The Morgan fingerprint density at radius 1 is 1.24 bits per heavy atom. The number of aliphatic hydroxyl groups excluding tert-OH is 2. The van der Waals surface area contributed by atoms with Gasteiger partial charge in [-0.2, -0.15) is 0 Å². The number of ketones is 2. The summed E-state index contributed by atoms with van der Waals surface area (Å²) in [6.07, 6.45) is 0.158. The van der Waals surface area contributed by atoms with Crippen molar-refractivity contribution in [2.24, 2.45) is 28.1 Å². The van der Waals surface area contributed by atoms with Crippen LogP contribution in [0, 0.1) is 17.3 Å². The van der Waals surface area contributed by atoms with Gasteiger partial charge < -0.3 is 36.3 Å². The van der Waals surface area contributed by atoms with Crippen LogP contribution in [0.5, 0.6) is 5.75 Å². The maximum atomic E-state index is 14.1. The molecule has 1 aromatic rings. The molecule has 7 N–H and O–H groups in total. The molecule has 12 heteroatoms. The van der Waals surface area contributed by atoms with E-state index in [1.54, 1.807) is 27.1 Å². The van der Waals surface area contributed by atoms with Crippen molar-refractivity contribution in [3.8, 4) is 5.75 Å². The molecule has 1 saturated carbocycles. The number of amides is 1. The summed E-state index contributed by atoms with van der Waals surface area (Å²) in [6, 6.07) is 0.616. The normalized spacial score (nSPS) is 26.3. The fourth-order valence-electron chi connectivity index (χ4n) is 6.58. The van der Waals surface area contributed by atoms with E-state index in [2.05, 4.69) is 31.2 Å². The number of phenols is 1. The molecule has 1 aromatic carbocycles. The number of aliphatic hydroxyl groups is 3. The fourth-order valence-corrected chi connectivity index (χ4v) is 6.58. The van der Waals surface area contributed by atoms with Gasteiger partial charge in [0.2, 0.25) is 5.78 Å². The third kappa shape index (κ3) is 4.87. The number of carbonyl (C=O) groups excluding carboxylic acids is 3. The van der Waals surface area contributed by atoms with Gasteiger partial charge in [0.05, 0.1) is 17.3 Å². The SMILES string of the molecule is CO/N=C(\C)c1cc(CNCC(C)(C)C)c(O)c2c1C[C@@H]1C[C@@H]3[C@@H](N(C)C)C(=O)C(C(N)=O)=C(O)[C@]3(O)C(=O)C1=C2O. The van der Waals surface area contributed by atoms with E-state index >= 15 is 0 Å². The molecule has 0 saturated heterocycles. The number of Topliss-reactive ketones (excluding diaryl/α,β-unsaturated/α-hetero) is 2. The monoisotopic (exact) mass is 584 g/mol. The molecule has 0 bridgehead atoms. The highest BCUT2D eigenvalue weighted by atomic mass is 16.6. The van der Waals surface area contributed by atoms with Crippen molar-refractivity contribution >= 4 is 28.9 Å². The van der Waals surface area contributed by atoms with E-state index in [1.807, 2.05) is 0 Å². The van der Waals surface area contributed by atoms with Crippen LogP contribution in [0.15, 0.2) is 28.1 Å². The molecule has 4 rings (SSSR count). The van der Waals surface area contributed by atoms with Gasteiger partial charge in [0, 0.05) is 35.7 Å². The molecule has 42 heavy (non-hydrogen) atoms. The molecular weight excluding hydrogens is 544 g/mol. The third-order valence-electron chi connectivity index (χ3n) is 8.39. The Hall–Kier alpha value is -3.74. The van der Waals surface area contributed by atoms with Crippen LogP contribution in [0.4, 0.5) is 0 Å². The van der Waals surface area contributed by atoms with E-state index in [0.29, 0.717) is 28.9 Å². The minimum atomic E-state index is -2.69. The summed E-state index contributed by atoms with van der Waals surface area (Å²) in [7, 11) is 4.52. The first-order valence-electron chi connectivity index (χ1n) is 13.8. The van der Waals surface area contributed by atoms with E-state index in [0.717, 1.165) is 0 Å². The molecule has 0 radical (unpaired) electrons. The van der Waals surface area contributed by atoms with Crippen molar-refractivity contribution in [1.29, 1.82) is 0 Å². The highest BCUT2D eigenvalue weighted by molar-refractivity contribution is 6.24. The summed E-state index contributed by atoms with van der Waals surface area (Å²) >= 11 is 0. The highest BCUT2D eigenvalue weighted by Crippen LogP contribution is 2.53. The van der Waals surface area contributed by atoms with Gasteiger partial charge >= 0.3 is 0 Å². The number of fused-ring (bicyclic) bond motifs is 3. The Kier molecular flexibility index (Phi) is 8.04. The average molecular weight is 585 g/mol. The zero-order chi connectivity index (χ0) is 31.5. The van der Waals surface area contributed by atoms with Gasteiger partial charge in [0.1, 0.15) is 30.0 Å². The quantitative estimate of drug-likeness (QED) is 0.155. The van der Waals surface area contributed by atoms with Crippen LogP contribution in [-0.4, -0.2) is 87.9 Å². The van der Waals surface area contributed by atoms with Gasteiger partial charge in [0.15, 0.2) is 11.4 Å². The van der Waals surface area contributed by atoms with E-state index < -0.39 is 58.0 Å². The summed E-state index contributed by atoms with van der Waals surface area (Å²) < 4.78 is 0. The Balaban J connectivity index is 1.95.